The Kier molecular flexibility index (Phi) is 4.59. The zero-order chi connectivity index (χ0) is 17.1. The third kappa shape index (κ3) is 3.15. The summed E-state index contributed by atoms with van der Waals surface area (Å²) in [6.45, 7) is 2.48. The van der Waals surface area contributed by atoms with Crippen LogP contribution in [0, 0.1) is 5.82 Å². The van der Waals surface area contributed by atoms with Crippen molar-refractivity contribution in [1.29, 1.82) is 0 Å². The largest absolute Gasteiger partial charge is 0.331 e. The van der Waals surface area contributed by atoms with Crippen LogP contribution < -0.4 is 5.32 Å². The van der Waals surface area contributed by atoms with E-state index in [1.54, 1.807) is 29.3 Å². The first kappa shape index (κ1) is 16.2. The molecule has 7 heteroatoms. The second kappa shape index (κ2) is 6.82. The highest BCUT2D eigenvalue weighted by atomic mass is 19.1. The molecule has 3 rings (SSSR count). The highest BCUT2D eigenvalue weighted by Gasteiger charge is 2.31. The van der Waals surface area contributed by atoms with Gasteiger partial charge in [-0.25, -0.2) is 9.07 Å². The molecule has 1 aromatic carbocycles. The molecule has 2 aromatic rings. The molecular formula is C17H19FN4O2. The Bertz CT molecular complexity index is 759. The fraction of sp³-hybridized carbons (Fsp3) is 0.353. The lowest BCUT2D eigenvalue weighted by Gasteiger charge is -2.25. The molecule has 0 saturated carbocycles. The van der Waals surface area contributed by atoms with Crippen LogP contribution in [0.2, 0.25) is 0 Å². The number of likely N-dealkylation sites (tertiary alicyclic amines) is 1. The van der Waals surface area contributed by atoms with Gasteiger partial charge in [-0.15, -0.1) is 0 Å². The summed E-state index contributed by atoms with van der Waals surface area (Å²) >= 11 is 0. The van der Waals surface area contributed by atoms with Gasteiger partial charge in [0.05, 0.1) is 18.1 Å². The molecule has 1 unspecified atom stereocenters. The van der Waals surface area contributed by atoms with E-state index in [9.17, 15) is 14.0 Å². The van der Waals surface area contributed by atoms with Crippen LogP contribution in [0.25, 0.3) is 5.69 Å². The number of hydrogen-bond acceptors (Lipinski definition) is 3. The first-order chi connectivity index (χ1) is 11.6. The molecule has 2 amide bonds. The molecular weight excluding hydrogens is 311 g/mol. The maximum Gasteiger partial charge on any atom is 0.247 e. The number of anilines is 1. The summed E-state index contributed by atoms with van der Waals surface area (Å²) in [5, 5.41) is 6.84. The van der Waals surface area contributed by atoms with Gasteiger partial charge in [0, 0.05) is 13.0 Å². The lowest BCUT2D eigenvalue weighted by atomic mass is 10.2. The molecule has 0 radical (unpaired) electrons. The standard InChI is InChI=1S/C17H19FN4O2/c1-2-14(21-9-5-8-16(21)23)17(24)20-12-10-19-22(11-12)15-7-4-3-6-13(15)18/h3-4,6-7,10-11,14H,2,5,8-9H2,1H3,(H,20,24). The highest BCUT2D eigenvalue weighted by Crippen LogP contribution is 2.19. The maximum absolute atomic E-state index is 13.8. The van der Waals surface area contributed by atoms with E-state index >= 15 is 0 Å². The normalized spacial score (nSPS) is 15.6. The SMILES string of the molecule is CCC(C(=O)Nc1cnn(-c2ccccc2F)c1)N1CCCC1=O. The van der Waals surface area contributed by atoms with Gasteiger partial charge >= 0.3 is 0 Å². The highest BCUT2D eigenvalue weighted by molar-refractivity contribution is 5.97. The molecule has 1 atom stereocenters. The van der Waals surface area contributed by atoms with Crippen molar-refractivity contribution < 1.29 is 14.0 Å². The number of carbonyl (C=O) groups is 2. The van der Waals surface area contributed by atoms with Gasteiger partial charge in [0.2, 0.25) is 11.8 Å². The minimum Gasteiger partial charge on any atom is -0.331 e. The van der Waals surface area contributed by atoms with E-state index in [1.807, 2.05) is 6.92 Å². The molecule has 24 heavy (non-hydrogen) atoms. The molecule has 1 aromatic heterocycles. The lowest BCUT2D eigenvalue weighted by Crippen LogP contribution is -2.44. The number of rotatable bonds is 5. The number of halogens is 1. The van der Waals surface area contributed by atoms with Gasteiger partial charge in [-0.1, -0.05) is 19.1 Å². The average molecular weight is 330 g/mol. The van der Waals surface area contributed by atoms with Crippen LogP contribution >= 0.6 is 0 Å². The van der Waals surface area contributed by atoms with Gasteiger partial charge in [0.1, 0.15) is 17.5 Å². The van der Waals surface area contributed by atoms with E-state index < -0.39 is 11.9 Å². The third-order valence-corrected chi connectivity index (χ3v) is 4.12. The van der Waals surface area contributed by atoms with Crippen molar-refractivity contribution in [3.8, 4) is 5.69 Å². The number of nitrogens with zero attached hydrogens (tertiary/aromatic N) is 3. The van der Waals surface area contributed by atoms with E-state index in [-0.39, 0.29) is 11.8 Å². The molecule has 1 fully saturated rings. The van der Waals surface area contributed by atoms with Crippen LogP contribution in [0.1, 0.15) is 26.2 Å². The Morgan fingerprint density at radius 2 is 2.21 bits per heavy atom. The van der Waals surface area contributed by atoms with Gasteiger partial charge in [-0.05, 0) is 25.0 Å². The molecule has 1 aliphatic heterocycles. The van der Waals surface area contributed by atoms with Gasteiger partial charge in [0.15, 0.2) is 0 Å². The number of para-hydroxylation sites is 1. The zero-order valence-corrected chi connectivity index (χ0v) is 13.4. The number of carbonyl (C=O) groups excluding carboxylic acids is 2. The number of aromatic nitrogens is 2. The topological polar surface area (TPSA) is 67.2 Å². The molecule has 2 heterocycles. The van der Waals surface area contributed by atoms with Crippen LogP contribution in [0.5, 0.6) is 0 Å². The zero-order valence-electron chi connectivity index (χ0n) is 13.4. The molecule has 6 nitrogen and oxygen atoms in total. The van der Waals surface area contributed by atoms with Crippen LogP contribution in [0.15, 0.2) is 36.7 Å². The van der Waals surface area contributed by atoms with Gasteiger partial charge in [-0.3, -0.25) is 9.59 Å². The van der Waals surface area contributed by atoms with Crippen molar-refractivity contribution in [1.82, 2.24) is 14.7 Å². The van der Waals surface area contributed by atoms with E-state index in [4.69, 9.17) is 0 Å². The smallest absolute Gasteiger partial charge is 0.247 e. The Hall–Kier alpha value is -2.70. The predicted octanol–water partition coefficient (Wildman–Crippen LogP) is 2.35. The van der Waals surface area contributed by atoms with E-state index in [1.165, 1.54) is 16.9 Å². The molecule has 1 aliphatic rings. The minimum absolute atomic E-state index is 0.0130. The first-order valence-electron chi connectivity index (χ1n) is 8.00. The fourth-order valence-corrected chi connectivity index (χ4v) is 2.93. The summed E-state index contributed by atoms with van der Waals surface area (Å²) < 4.78 is 15.2. The van der Waals surface area contributed by atoms with E-state index in [0.717, 1.165) is 6.42 Å². The summed E-state index contributed by atoms with van der Waals surface area (Å²) in [7, 11) is 0. The minimum atomic E-state index is -0.489. The van der Waals surface area contributed by atoms with Crippen molar-refractivity contribution in [2.45, 2.75) is 32.2 Å². The maximum atomic E-state index is 13.8. The molecule has 0 spiro atoms. The molecule has 1 N–H and O–H groups in total. The predicted molar refractivity (Wildman–Crippen MR) is 87.2 cm³/mol. The summed E-state index contributed by atoms with van der Waals surface area (Å²) in [6, 6.07) is 5.78. The van der Waals surface area contributed by atoms with Crippen molar-refractivity contribution in [2.75, 3.05) is 11.9 Å². The number of benzene rings is 1. The Morgan fingerprint density at radius 1 is 1.42 bits per heavy atom. The monoisotopic (exact) mass is 330 g/mol. The number of nitrogens with one attached hydrogen (secondary N) is 1. The van der Waals surface area contributed by atoms with E-state index in [2.05, 4.69) is 10.4 Å². The summed E-state index contributed by atoms with van der Waals surface area (Å²) in [5.41, 5.74) is 0.771. The fourth-order valence-electron chi connectivity index (χ4n) is 2.93. The van der Waals surface area contributed by atoms with Gasteiger partial charge < -0.3 is 10.2 Å². The molecule has 1 saturated heterocycles. The summed E-state index contributed by atoms with van der Waals surface area (Å²) in [5.74, 6) is -0.632. The van der Waals surface area contributed by atoms with Crippen LogP contribution in [0.4, 0.5) is 10.1 Å². The number of amides is 2. The molecule has 126 valence electrons. The first-order valence-corrected chi connectivity index (χ1v) is 8.00. The van der Waals surface area contributed by atoms with Crippen LogP contribution in [-0.4, -0.2) is 39.1 Å². The van der Waals surface area contributed by atoms with Crippen molar-refractivity contribution in [3.63, 3.8) is 0 Å². The van der Waals surface area contributed by atoms with Crippen LogP contribution in [0.3, 0.4) is 0 Å². The lowest BCUT2D eigenvalue weighted by molar-refractivity contribution is -0.135. The quantitative estimate of drug-likeness (QED) is 0.915. The summed E-state index contributed by atoms with van der Waals surface area (Å²) in [6.07, 6.45) is 4.83. The average Bonchev–Trinajstić information content (AvgIpc) is 3.19. The van der Waals surface area contributed by atoms with Gasteiger partial charge in [-0.2, -0.15) is 5.10 Å². The van der Waals surface area contributed by atoms with E-state index in [0.29, 0.717) is 30.8 Å². The second-order valence-electron chi connectivity index (χ2n) is 5.73. The Labute approximate surface area is 139 Å². The van der Waals surface area contributed by atoms with Crippen molar-refractivity contribution in [2.24, 2.45) is 0 Å². The van der Waals surface area contributed by atoms with Gasteiger partial charge in [0.25, 0.3) is 0 Å². The Morgan fingerprint density at radius 3 is 2.88 bits per heavy atom. The molecule has 0 bridgehead atoms. The number of hydrogen-bond donors (Lipinski definition) is 1. The second-order valence-corrected chi connectivity index (χ2v) is 5.73. The van der Waals surface area contributed by atoms with Crippen molar-refractivity contribution >= 4 is 17.5 Å². The third-order valence-electron chi connectivity index (χ3n) is 4.12. The van der Waals surface area contributed by atoms with Crippen LogP contribution in [-0.2, 0) is 9.59 Å². The molecule has 0 aliphatic carbocycles. The Balaban J connectivity index is 1.73. The summed E-state index contributed by atoms with van der Waals surface area (Å²) in [4.78, 5) is 25.9. The van der Waals surface area contributed by atoms with Crippen molar-refractivity contribution in [3.05, 3.63) is 42.5 Å².